The SMILES string of the molecule is Cl.N[C@@H](c1ccc(Cl)cc1)C(F)(F)C(=O)O. The Morgan fingerprint density at radius 3 is 2.19 bits per heavy atom. The molecule has 1 aromatic rings. The van der Waals surface area contributed by atoms with Crippen LogP contribution in [0, 0.1) is 0 Å². The van der Waals surface area contributed by atoms with Gasteiger partial charge in [0.2, 0.25) is 0 Å². The Bertz CT molecular complexity index is 370. The Balaban J connectivity index is 0.00000225. The molecule has 3 N–H and O–H groups in total. The zero-order valence-corrected chi connectivity index (χ0v) is 9.43. The molecule has 3 nitrogen and oxygen atoms in total. The minimum absolute atomic E-state index is 0. The highest BCUT2D eigenvalue weighted by Gasteiger charge is 2.46. The monoisotopic (exact) mass is 271 g/mol. The van der Waals surface area contributed by atoms with Crippen LogP contribution in [-0.4, -0.2) is 17.0 Å². The third kappa shape index (κ3) is 3.04. The first-order valence-electron chi connectivity index (χ1n) is 3.98. The van der Waals surface area contributed by atoms with Gasteiger partial charge in [0.15, 0.2) is 0 Å². The predicted molar refractivity (Wildman–Crippen MR) is 58.2 cm³/mol. The Morgan fingerprint density at radius 2 is 1.81 bits per heavy atom. The Labute approximate surface area is 102 Å². The number of rotatable bonds is 3. The molecule has 0 unspecified atom stereocenters. The van der Waals surface area contributed by atoms with E-state index in [1.165, 1.54) is 24.3 Å². The molecule has 0 saturated carbocycles. The molecule has 0 aliphatic carbocycles. The fourth-order valence-electron chi connectivity index (χ4n) is 1.01. The van der Waals surface area contributed by atoms with Crippen LogP contribution in [0.5, 0.6) is 0 Å². The van der Waals surface area contributed by atoms with Gasteiger partial charge in [-0.05, 0) is 17.7 Å². The van der Waals surface area contributed by atoms with E-state index in [4.69, 9.17) is 22.4 Å². The van der Waals surface area contributed by atoms with E-state index in [1.807, 2.05) is 0 Å². The van der Waals surface area contributed by atoms with Crippen molar-refractivity contribution in [2.45, 2.75) is 12.0 Å². The molecule has 16 heavy (non-hydrogen) atoms. The summed E-state index contributed by atoms with van der Waals surface area (Å²) in [5, 5.41) is 8.64. The summed E-state index contributed by atoms with van der Waals surface area (Å²) in [6.07, 6.45) is 0. The van der Waals surface area contributed by atoms with E-state index in [2.05, 4.69) is 0 Å². The summed E-state index contributed by atoms with van der Waals surface area (Å²) in [6, 6.07) is 3.39. The zero-order chi connectivity index (χ0) is 11.6. The highest BCUT2D eigenvalue weighted by Crippen LogP contribution is 2.29. The lowest BCUT2D eigenvalue weighted by Crippen LogP contribution is -2.40. The number of hydrogen-bond acceptors (Lipinski definition) is 2. The van der Waals surface area contributed by atoms with Gasteiger partial charge in [0, 0.05) is 5.02 Å². The number of benzene rings is 1. The molecular formula is C9H9Cl2F2NO2. The van der Waals surface area contributed by atoms with Crippen LogP contribution in [0.15, 0.2) is 24.3 Å². The van der Waals surface area contributed by atoms with Crippen LogP contribution in [0.4, 0.5) is 8.78 Å². The second kappa shape index (κ2) is 5.43. The van der Waals surface area contributed by atoms with Gasteiger partial charge >= 0.3 is 11.9 Å². The third-order valence-corrected chi connectivity index (χ3v) is 2.16. The fraction of sp³-hybridized carbons (Fsp3) is 0.222. The summed E-state index contributed by atoms with van der Waals surface area (Å²) >= 11 is 5.55. The molecule has 0 fully saturated rings. The predicted octanol–water partition coefficient (Wildman–Crippen LogP) is 2.48. The topological polar surface area (TPSA) is 63.3 Å². The van der Waals surface area contributed by atoms with Crippen molar-refractivity contribution in [3.8, 4) is 0 Å². The average Bonchev–Trinajstić information content (AvgIpc) is 2.17. The van der Waals surface area contributed by atoms with Crippen LogP contribution in [0.2, 0.25) is 5.02 Å². The van der Waals surface area contributed by atoms with Gasteiger partial charge in [0.25, 0.3) is 0 Å². The molecule has 1 rings (SSSR count). The molecule has 0 radical (unpaired) electrons. The van der Waals surface area contributed by atoms with Gasteiger partial charge in [-0.1, -0.05) is 23.7 Å². The molecule has 0 heterocycles. The summed E-state index contributed by atoms with van der Waals surface area (Å²) in [4.78, 5) is 10.2. The van der Waals surface area contributed by atoms with Gasteiger partial charge in [-0.2, -0.15) is 8.78 Å². The van der Waals surface area contributed by atoms with Crippen molar-refractivity contribution >= 4 is 30.0 Å². The van der Waals surface area contributed by atoms with Crippen molar-refractivity contribution in [1.29, 1.82) is 0 Å². The van der Waals surface area contributed by atoms with E-state index in [0.29, 0.717) is 5.02 Å². The molecule has 0 saturated heterocycles. The minimum Gasteiger partial charge on any atom is -0.477 e. The van der Waals surface area contributed by atoms with Gasteiger partial charge in [0.1, 0.15) is 6.04 Å². The molecule has 0 aromatic heterocycles. The van der Waals surface area contributed by atoms with Crippen molar-refractivity contribution in [2.24, 2.45) is 5.73 Å². The molecule has 7 heteroatoms. The van der Waals surface area contributed by atoms with Gasteiger partial charge < -0.3 is 10.8 Å². The number of carbonyl (C=O) groups is 1. The van der Waals surface area contributed by atoms with Crippen molar-refractivity contribution in [1.82, 2.24) is 0 Å². The lowest BCUT2D eigenvalue weighted by molar-refractivity contribution is -0.168. The van der Waals surface area contributed by atoms with Gasteiger partial charge in [-0.3, -0.25) is 0 Å². The summed E-state index contributed by atoms with van der Waals surface area (Å²) in [5.41, 5.74) is 5.17. The number of carboxylic acids is 1. The average molecular weight is 272 g/mol. The molecule has 0 bridgehead atoms. The summed E-state index contributed by atoms with van der Waals surface area (Å²) in [7, 11) is 0. The number of carboxylic acid groups (broad SMARTS) is 1. The third-order valence-electron chi connectivity index (χ3n) is 1.90. The quantitative estimate of drug-likeness (QED) is 0.888. The number of hydrogen-bond donors (Lipinski definition) is 2. The Morgan fingerprint density at radius 1 is 1.38 bits per heavy atom. The first-order chi connectivity index (χ1) is 6.85. The number of nitrogens with two attached hydrogens (primary N) is 1. The molecule has 1 atom stereocenters. The van der Waals surface area contributed by atoms with Crippen LogP contribution < -0.4 is 5.73 Å². The summed E-state index contributed by atoms with van der Waals surface area (Å²) in [6.45, 7) is 0. The molecule has 0 aliphatic heterocycles. The maximum atomic E-state index is 13.0. The first kappa shape index (κ1) is 15.1. The fourth-order valence-corrected chi connectivity index (χ4v) is 1.14. The largest absolute Gasteiger partial charge is 0.477 e. The van der Waals surface area contributed by atoms with Crippen LogP contribution >= 0.6 is 24.0 Å². The Hall–Kier alpha value is -0.910. The second-order valence-corrected chi connectivity index (χ2v) is 3.39. The number of halogens is 4. The molecule has 1 aromatic carbocycles. The Kier molecular flexibility index (Phi) is 5.12. The molecule has 0 aliphatic rings. The van der Waals surface area contributed by atoms with Gasteiger partial charge in [-0.15, -0.1) is 12.4 Å². The zero-order valence-electron chi connectivity index (χ0n) is 7.86. The highest BCUT2D eigenvalue weighted by atomic mass is 35.5. The summed E-state index contributed by atoms with van der Waals surface area (Å²) in [5.74, 6) is -6.24. The van der Waals surface area contributed by atoms with E-state index >= 15 is 0 Å². The number of alkyl halides is 2. The van der Waals surface area contributed by atoms with E-state index < -0.39 is 17.9 Å². The van der Waals surface area contributed by atoms with E-state index in [0.717, 1.165) is 0 Å². The normalized spacial score (nSPS) is 12.8. The van der Waals surface area contributed by atoms with Crippen molar-refractivity contribution < 1.29 is 18.7 Å². The summed E-state index contributed by atoms with van der Waals surface area (Å²) < 4.78 is 25.9. The van der Waals surface area contributed by atoms with E-state index in [1.54, 1.807) is 0 Å². The van der Waals surface area contributed by atoms with Crippen LogP contribution in [0.3, 0.4) is 0 Å². The van der Waals surface area contributed by atoms with Crippen LogP contribution in [-0.2, 0) is 4.79 Å². The number of aliphatic carboxylic acids is 1. The smallest absolute Gasteiger partial charge is 0.376 e. The minimum atomic E-state index is -3.99. The van der Waals surface area contributed by atoms with E-state index in [9.17, 15) is 13.6 Å². The molecule has 0 amide bonds. The van der Waals surface area contributed by atoms with Crippen molar-refractivity contribution in [3.05, 3.63) is 34.9 Å². The van der Waals surface area contributed by atoms with Gasteiger partial charge in [0.05, 0.1) is 0 Å². The van der Waals surface area contributed by atoms with Crippen molar-refractivity contribution in [3.63, 3.8) is 0 Å². The maximum absolute atomic E-state index is 13.0. The van der Waals surface area contributed by atoms with Crippen LogP contribution in [0.1, 0.15) is 11.6 Å². The lowest BCUT2D eigenvalue weighted by atomic mass is 10.0. The molecular weight excluding hydrogens is 263 g/mol. The van der Waals surface area contributed by atoms with Crippen molar-refractivity contribution in [2.75, 3.05) is 0 Å². The second-order valence-electron chi connectivity index (χ2n) is 2.96. The van der Waals surface area contributed by atoms with Crippen LogP contribution in [0.25, 0.3) is 0 Å². The lowest BCUT2D eigenvalue weighted by Gasteiger charge is -2.19. The van der Waals surface area contributed by atoms with E-state index in [-0.39, 0.29) is 18.0 Å². The molecule has 0 spiro atoms. The molecule has 90 valence electrons. The van der Waals surface area contributed by atoms with Gasteiger partial charge in [-0.25, -0.2) is 4.79 Å². The maximum Gasteiger partial charge on any atom is 0.376 e. The highest BCUT2D eigenvalue weighted by molar-refractivity contribution is 6.30. The first-order valence-corrected chi connectivity index (χ1v) is 4.35. The standard InChI is InChI=1S/C9H8ClF2NO2.ClH/c10-6-3-1-5(2-4-6)7(13)9(11,12)8(14)15;/h1-4,7H,13H2,(H,14,15);1H/t7-;/m0./s1.